The van der Waals surface area contributed by atoms with E-state index in [1.165, 1.54) is 30.0 Å². The predicted octanol–water partition coefficient (Wildman–Crippen LogP) is 2.95. The van der Waals surface area contributed by atoms with Gasteiger partial charge in [0.1, 0.15) is 5.82 Å². The van der Waals surface area contributed by atoms with E-state index in [4.69, 9.17) is 4.42 Å². The van der Waals surface area contributed by atoms with Gasteiger partial charge in [-0.05, 0) is 30.3 Å². The lowest BCUT2D eigenvalue weighted by Gasteiger charge is -2.05. The number of hydrogen-bond acceptors (Lipinski definition) is 5. The summed E-state index contributed by atoms with van der Waals surface area (Å²) in [5.41, 5.74) is 0.421. The van der Waals surface area contributed by atoms with Gasteiger partial charge in [0, 0.05) is 12.7 Å². The zero-order valence-electron chi connectivity index (χ0n) is 12.2. The number of thioether (sulfide) groups is 1. The summed E-state index contributed by atoms with van der Waals surface area (Å²) in [6.45, 7) is 0. The second-order valence-electron chi connectivity index (χ2n) is 4.69. The summed E-state index contributed by atoms with van der Waals surface area (Å²) in [6.07, 6.45) is 1.56. The van der Waals surface area contributed by atoms with Crippen LogP contribution in [0.3, 0.4) is 0 Å². The molecule has 0 saturated heterocycles. The van der Waals surface area contributed by atoms with Crippen LogP contribution in [0.5, 0.6) is 0 Å². The molecule has 1 amide bonds. The molecule has 0 unspecified atom stereocenters. The number of carbonyl (C=O) groups is 1. The van der Waals surface area contributed by atoms with Crippen LogP contribution in [0.2, 0.25) is 0 Å². The van der Waals surface area contributed by atoms with Crippen molar-refractivity contribution in [3.8, 4) is 11.6 Å². The van der Waals surface area contributed by atoms with E-state index in [1.54, 1.807) is 36.1 Å². The van der Waals surface area contributed by atoms with E-state index in [-0.39, 0.29) is 11.7 Å². The maximum absolute atomic E-state index is 13.1. The molecule has 3 aromatic rings. The molecular formula is C15H13FN4O2S. The maximum atomic E-state index is 13.1. The van der Waals surface area contributed by atoms with Crippen LogP contribution in [0.25, 0.3) is 11.6 Å². The number of hydrogen-bond donors (Lipinski definition) is 1. The van der Waals surface area contributed by atoms with E-state index < -0.39 is 5.82 Å². The molecule has 118 valence electrons. The Labute approximate surface area is 135 Å². The maximum Gasteiger partial charge on any atom is 0.234 e. The smallest absolute Gasteiger partial charge is 0.234 e. The second-order valence-corrected chi connectivity index (χ2v) is 5.63. The fourth-order valence-corrected chi connectivity index (χ4v) is 2.67. The van der Waals surface area contributed by atoms with Gasteiger partial charge in [0.15, 0.2) is 16.7 Å². The van der Waals surface area contributed by atoms with Gasteiger partial charge >= 0.3 is 0 Å². The highest BCUT2D eigenvalue weighted by Crippen LogP contribution is 2.23. The monoisotopic (exact) mass is 332 g/mol. The molecule has 1 N–H and O–H groups in total. The predicted molar refractivity (Wildman–Crippen MR) is 84.5 cm³/mol. The van der Waals surface area contributed by atoms with Gasteiger partial charge in [-0.2, -0.15) is 0 Å². The van der Waals surface area contributed by atoms with Crippen LogP contribution in [0.15, 0.2) is 52.2 Å². The van der Waals surface area contributed by atoms with Crippen molar-refractivity contribution in [2.75, 3.05) is 11.1 Å². The summed E-state index contributed by atoms with van der Waals surface area (Å²) >= 11 is 1.24. The Morgan fingerprint density at radius 3 is 2.96 bits per heavy atom. The van der Waals surface area contributed by atoms with Gasteiger partial charge < -0.3 is 14.3 Å². The first kappa shape index (κ1) is 15.3. The van der Waals surface area contributed by atoms with Crippen molar-refractivity contribution in [3.63, 3.8) is 0 Å². The van der Waals surface area contributed by atoms with Gasteiger partial charge in [0.25, 0.3) is 0 Å². The molecule has 2 aromatic heterocycles. The summed E-state index contributed by atoms with van der Waals surface area (Å²) in [7, 11) is 1.80. The molecule has 0 aliphatic heterocycles. The number of carbonyl (C=O) groups excluding carboxylic acids is 1. The van der Waals surface area contributed by atoms with Gasteiger partial charge in [-0.15, -0.1) is 10.2 Å². The lowest BCUT2D eigenvalue weighted by Crippen LogP contribution is -2.14. The molecule has 23 heavy (non-hydrogen) atoms. The first-order valence-corrected chi connectivity index (χ1v) is 7.73. The average molecular weight is 332 g/mol. The molecule has 0 saturated carbocycles. The van der Waals surface area contributed by atoms with Gasteiger partial charge in [-0.3, -0.25) is 4.79 Å². The summed E-state index contributed by atoms with van der Waals surface area (Å²) in [4.78, 5) is 11.9. The van der Waals surface area contributed by atoms with Crippen LogP contribution in [0, 0.1) is 5.82 Å². The highest BCUT2D eigenvalue weighted by molar-refractivity contribution is 7.99. The third kappa shape index (κ3) is 3.59. The number of halogens is 1. The molecule has 0 spiro atoms. The summed E-state index contributed by atoms with van der Waals surface area (Å²) < 4.78 is 20.1. The SMILES string of the molecule is Cn1c(SCC(=O)Nc2cccc(F)c2)nnc1-c1ccco1. The highest BCUT2D eigenvalue weighted by Gasteiger charge is 2.14. The molecule has 0 aliphatic rings. The van der Waals surface area contributed by atoms with Crippen LogP contribution >= 0.6 is 11.8 Å². The molecule has 0 radical (unpaired) electrons. The van der Waals surface area contributed by atoms with Gasteiger partial charge in [-0.1, -0.05) is 17.8 Å². The molecule has 6 nitrogen and oxygen atoms in total. The van der Waals surface area contributed by atoms with Crippen LogP contribution in [0.4, 0.5) is 10.1 Å². The van der Waals surface area contributed by atoms with Crippen LogP contribution < -0.4 is 5.32 Å². The van der Waals surface area contributed by atoms with Crippen LogP contribution in [-0.4, -0.2) is 26.4 Å². The summed E-state index contributed by atoms with van der Waals surface area (Å²) in [6, 6.07) is 9.30. The molecule has 0 bridgehead atoms. The number of amides is 1. The molecule has 0 atom stereocenters. The first-order valence-electron chi connectivity index (χ1n) is 6.75. The number of nitrogens with one attached hydrogen (secondary N) is 1. The number of anilines is 1. The largest absolute Gasteiger partial charge is 0.461 e. The summed E-state index contributed by atoms with van der Waals surface area (Å²) in [5.74, 6) is 0.690. The number of nitrogens with zero attached hydrogens (tertiary/aromatic N) is 3. The normalized spacial score (nSPS) is 10.7. The Bertz CT molecular complexity index is 817. The van der Waals surface area contributed by atoms with Crippen molar-refractivity contribution in [2.45, 2.75) is 5.16 Å². The van der Waals surface area contributed by atoms with E-state index in [2.05, 4.69) is 15.5 Å². The van der Waals surface area contributed by atoms with Crippen molar-refractivity contribution < 1.29 is 13.6 Å². The quantitative estimate of drug-likeness (QED) is 0.727. The lowest BCUT2D eigenvalue weighted by atomic mass is 10.3. The fourth-order valence-electron chi connectivity index (χ4n) is 1.95. The lowest BCUT2D eigenvalue weighted by molar-refractivity contribution is -0.113. The van der Waals surface area contributed by atoms with Crippen molar-refractivity contribution in [2.24, 2.45) is 7.05 Å². The third-order valence-electron chi connectivity index (χ3n) is 3.02. The number of benzene rings is 1. The fraction of sp³-hybridized carbons (Fsp3) is 0.133. The van der Waals surface area contributed by atoms with E-state index in [0.717, 1.165) is 0 Å². The van der Waals surface area contributed by atoms with Crippen molar-refractivity contribution in [3.05, 3.63) is 48.5 Å². The minimum atomic E-state index is -0.396. The molecule has 0 fully saturated rings. The molecule has 3 rings (SSSR count). The molecule has 2 heterocycles. The standard InChI is InChI=1S/C15H13FN4O2S/c1-20-14(12-6-3-7-22-12)18-19-15(20)23-9-13(21)17-11-5-2-4-10(16)8-11/h2-8H,9H2,1H3,(H,17,21). The minimum Gasteiger partial charge on any atom is -0.461 e. The Morgan fingerprint density at radius 2 is 2.22 bits per heavy atom. The van der Waals surface area contributed by atoms with Crippen molar-refractivity contribution in [1.82, 2.24) is 14.8 Å². The second kappa shape index (κ2) is 6.66. The highest BCUT2D eigenvalue weighted by atomic mass is 32.2. The number of furan rings is 1. The van der Waals surface area contributed by atoms with Gasteiger partial charge in [0.2, 0.25) is 5.91 Å². The Balaban J connectivity index is 1.61. The van der Waals surface area contributed by atoms with Gasteiger partial charge in [0.05, 0.1) is 12.0 Å². The first-order chi connectivity index (χ1) is 11.1. The molecule has 1 aromatic carbocycles. The van der Waals surface area contributed by atoms with E-state index >= 15 is 0 Å². The van der Waals surface area contributed by atoms with E-state index in [1.807, 2.05) is 0 Å². The third-order valence-corrected chi connectivity index (χ3v) is 4.04. The zero-order chi connectivity index (χ0) is 16.2. The number of rotatable bonds is 5. The van der Waals surface area contributed by atoms with Gasteiger partial charge in [-0.25, -0.2) is 4.39 Å². The minimum absolute atomic E-state index is 0.140. The van der Waals surface area contributed by atoms with Crippen LogP contribution in [-0.2, 0) is 11.8 Å². The van der Waals surface area contributed by atoms with E-state index in [9.17, 15) is 9.18 Å². The van der Waals surface area contributed by atoms with Crippen LogP contribution in [0.1, 0.15) is 0 Å². The summed E-state index contributed by atoms with van der Waals surface area (Å²) in [5, 5.41) is 11.3. The Kier molecular flexibility index (Phi) is 4.42. The Morgan fingerprint density at radius 1 is 1.35 bits per heavy atom. The topological polar surface area (TPSA) is 73.0 Å². The van der Waals surface area contributed by atoms with Crippen molar-refractivity contribution >= 4 is 23.4 Å². The van der Waals surface area contributed by atoms with Crippen molar-refractivity contribution in [1.29, 1.82) is 0 Å². The average Bonchev–Trinajstić information content (AvgIpc) is 3.15. The molecule has 0 aliphatic carbocycles. The van der Waals surface area contributed by atoms with E-state index in [0.29, 0.717) is 22.4 Å². The zero-order valence-corrected chi connectivity index (χ0v) is 13.0. The number of aromatic nitrogens is 3. The molecule has 8 heteroatoms. The Hall–Kier alpha value is -2.61. The molecular weight excluding hydrogens is 319 g/mol.